The molecule has 0 saturated carbocycles. The van der Waals surface area contributed by atoms with Crippen LogP contribution >= 0.6 is 0 Å². The molecular formula is C14H18O2. The summed E-state index contributed by atoms with van der Waals surface area (Å²) in [4.78, 5) is 11.6. The summed E-state index contributed by atoms with van der Waals surface area (Å²) in [7, 11) is 0. The minimum Gasteiger partial charge on any atom is -0.458 e. The molecule has 0 aromatic heterocycles. The topological polar surface area (TPSA) is 26.3 Å². The average Bonchev–Trinajstić information content (AvgIpc) is 2.30. The van der Waals surface area contributed by atoms with Gasteiger partial charge < -0.3 is 4.74 Å². The lowest BCUT2D eigenvalue weighted by atomic mass is 10.0. The lowest BCUT2D eigenvalue weighted by molar-refractivity contribution is 0.0533. The molecule has 2 nitrogen and oxygen atoms in total. The number of carbonyl (C=O) groups excluding carboxylic acids is 1. The van der Waals surface area contributed by atoms with E-state index in [4.69, 9.17) is 4.74 Å². The SMILES string of the molecule is C/C=C(\COC(=O)c1ccccc1)C(C)C. The van der Waals surface area contributed by atoms with Gasteiger partial charge in [0, 0.05) is 0 Å². The Morgan fingerprint density at radius 1 is 1.31 bits per heavy atom. The van der Waals surface area contributed by atoms with Gasteiger partial charge in [-0.25, -0.2) is 4.79 Å². The summed E-state index contributed by atoms with van der Waals surface area (Å²) in [5.74, 6) is 0.147. The van der Waals surface area contributed by atoms with Gasteiger partial charge >= 0.3 is 5.97 Å². The molecule has 0 aliphatic carbocycles. The summed E-state index contributed by atoms with van der Waals surface area (Å²) >= 11 is 0. The van der Waals surface area contributed by atoms with Crippen molar-refractivity contribution in [3.05, 3.63) is 47.5 Å². The van der Waals surface area contributed by atoms with Crippen molar-refractivity contribution < 1.29 is 9.53 Å². The zero-order valence-electron chi connectivity index (χ0n) is 10.1. The Morgan fingerprint density at radius 3 is 2.44 bits per heavy atom. The van der Waals surface area contributed by atoms with Crippen molar-refractivity contribution in [1.29, 1.82) is 0 Å². The number of ether oxygens (including phenoxy) is 1. The quantitative estimate of drug-likeness (QED) is 0.571. The van der Waals surface area contributed by atoms with Crippen molar-refractivity contribution in [1.82, 2.24) is 0 Å². The molecule has 1 aromatic carbocycles. The fourth-order valence-electron chi connectivity index (χ4n) is 1.39. The van der Waals surface area contributed by atoms with Crippen LogP contribution in [0.1, 0.15) is 31.1 Å². The van der Waals surface area contributed by atoms with Crippen LogP contribution in [-0.2, 0) is 4.74 Å². The number of esters is 1. The van der Waals surface area contributed by atoms with Gasteiger partial charge in [-0.1, -0.05) is 38.1 Å². The van der Waals surface area contributed by atoms with E-state index in [-0.39, 0.29) is 5.97 Å². The van der Waals surface area contributed by atoms with Crippen molar-refractivity contribution in [2.75, 3.05) is 6.61 Å². The van der Waals surface area contributed by atoms with Crippen LogP contribution in [0.25, 0.3) is 0 Å². The maximum absolute atomic E-state index is 11.6. The zero-order valence-corrected chi connectivity index (χ0v) is 10.1. The Hall–Kier alpha value is -1.57. The van der Waals surface area contributed by atoms with Crippen molar-refractivity contribution in [3.8, 4) is 0 Å². The Morgan fingerprint density at radius 2 is 1.94 bits per heavy atom. The normalized spacial score (nSPS) is 11.6. The first-order valence-corrected chi connectivity index (χ1v) is 5.52. The highest BCUT2D eigenvalue weighted by Gasteiger charge is 2.08. The smallest absolute Gasteiger partial charge is 0.338 e. The van der Waals surface area contributed by atoms with Crippen LogP contribution in [-0.4, -0.2) is 12.6 Å². The first-order chi connectivity index (χ1) is 7.65. The Kier molecular flexibility index (Phi) is 4.77. The predicted octanol–water partition coefficient (Wildman–Crippen LogP) is 3.45. The number of benzene rings is 1. The van der Waals surface area contributed by atoms with Crippen molar-refractivity contribution in [2.24, 2.45) is 5.92 Å². The second-order valence-corrected chi connectivity index (χ2v) is 3.96. The van der Waals surface area contributed by atoms with Crippen LogP contribution in [0, 0.1) is 5.92 Å². The van der Waals surface area contributed by atoms with E-state index in [0.717, 1.165) is 5.57 Å². The molecule has 0 aliphatic rings. The molecule has 0 saturated heterocycles. The fraction of sp³-hybridized carbons (Fsp3) is 0.357. The molecule has 0 bridgehead atoms. The van der Waals surface area contributed by atoms with Gasteiger partial charge in [-0.15, -0.1) is 0 Å². The largest absolute Gasteiger partial charge is 0.458 e. The van der Waals surface area contributed by atoms with Gasteiger partial charge in [0.05, 0.1) is 5.56 Å². The monoisotopic (exact) mass is 218 g/mol. The minimum atomic E-state index is -0.263. The molecule has 1 aromatic rings. The predicted molar refractivity (Wildman–Crippen MR) is 65.3 cm³/mol. The number of rotatable bonds is 4. The molecule has 0 spiro atoms. The van der Waals surface area contributed by atoms with E-state index in [1.165, 1.54) is 0 Å². The number of hydrogen-bond acceptors (Lipinski definition) is 2. The van der Waals surface area contributed by atoms with E-state index in [2.05, 4.69) is 13.8 Å². The van der Waals surface area contributed by atoms with Gasteiger partial charge in [0.2, 0.25) is 0 Å². The van der Waals surface area contributed by atoms with Crippen molar-refractivity contribution in [2.45, 2.75) is 20.8 Å². The molecule has 0 radical (unpaired) electrons. The Bertz CT molecular complexity index is 364. The van der Waals surface area contributed by atoms with Crippen LogP contribution in [0.4, 0.5) is 0 Å². The number of allylic oxidation sites excluding steroid dienone is 1. The van der Waals surface area contributed by atoms with E-state index in [0.29, 0.717) is 18.1 Å². The van der Waals surface area contributed by atoms with E-state index in [1.54, 1.807) is 12.1 Å². The molecule has 0 fully saturated rings. The lowest BCUT2D eigenvalue weighted by Crippen LogP contribution is -2.10. The zero-order chi connectivity index (χ0) is 12.0. The van der Waals surface area contributed by atoms with Gasteiger partial charge in [-0.05, 0) is 30.5 Å². The molecule has 16 heavy (non-hydrogen) atoms. The standard InChI is InChI=1S/C14H18O2/c1-4-12(11(2)3)10-16-14(15)13-8-6-5-7-9-13/h4-9,11H,10H2,1-3H3/b12-4+. The summed E-state index contributed by atoms with van der Waals surface area (Å²) in [5, 5.41) is 0. The average molecular weight is 218 g/mol. The molecule has 86 valence electrons. The van der Waals surface area contributed by atoms with Crippen LogP contribution in [0.2, 0.25) is 0 Å². The second-order valence-electron chi connectivity index (χ2n) is 3.96. The number of hydrogen-bond donors (Lipinski definition) is 0. The number of carbonyl (C=O) groups is 1. The minimum absolute atomic E-state index is 0.263. The summed E-state index contributed by atoms with van der Waals surface area (Å²) in [6.45, 7) is 6.52. The van der Waals surface area contributed by atoms with Crippen LogP contribution in [0.5, 0.6) is 0 Å². The van der Waals surface area contributed by atoms with Gasteiger partial charge in [-0.3, -0.25) is 0 Å². The van der Waals surface area contributed by atoms with E-state index in [1.807, 2.05) is 31.2 Å². The Balaban J connectivity index is 2.54. The molecule has 0 unspecified atom stereocenters. The lowest BCUT2D eigenvalue weighted by Gasteiger charge is -2.11. The van der Waals surface area contributed by atoms with Crippen LogP contribution < -0.4 is 0 Å². The van der Waals surface area contributed by atoms with Crippen LogP contribution in [0.15, 0.2) is 42.0 Å². The third-order valence-corrected chi connectivity index (χ3v) is 2.49. The molecule has 1 rings (SSSR count). The van der Waals surface area contributed by atoms with Gasteiger partial charge in [0.25, 0.3) is 0 Å². The maximum atomic E-state index is 11.6. The molecule has 0 atom stereocenters. The van der Waals surface area contributed by atoms with E-state index in [9.17, 15) is 4.79 Å². The molecule has 0 amide bonds. The molecule has 0 aliphatic heterocycles. The maximum Gasteiger partial charge on any atom is 0.338 e. The first-order valence-electron chi connectivity index (χ1n) is 5.52. The summed E-state index contributed by atoms with van der Waals surface area (Å²) in [6, 6.07) is 9.05. The van der Waals surface area contributed by atoms with E-state index >= 15 is 0 Å². The van der Waals surface area contributed by atoms with E-state index < -0.39 is 0 Å². The fourth-order valence-corrected chi connectivity index (χ4v) is 1.39. The first kappa shape index (κ1) is 12.5. The second kappa shape index (κ2) is 6.11. The third kappa shape index (κ3) is 3.54. The van der Waals surface area contributed by atoms with Crippen molar-refractivity contribution in [3.63, 3.8) is 0 Å². The molecule has 0 N–H and O–H groups in total. The molecule has 0 heterocycles. The van der Waals surface area contributed by atoms with Gasteiger partial charge in [0.15, 0.2) is 0 Å². The van der Waals surface area contributed by atoms with Crippen molar-refractivity contribution >= 4 is 5.97 Å². The van der Waals surface area contributed by atoms with Crippen LogP contribution in [0.3, 0.4) is 0 Å². The van der Waals surface area contributed by atoms with Gasteiger partial charge in [-0.2, -0.15) is 0 Å². The third-order valence-electron chi connectivity index (χ3n) is 2.49. The Labute approximate surface area is 96.9 Å². The summed E-state index contributed by atoms with van der Waals surface area (Å²) in [5.41, 5.74) is 1.74. The highest BCUT2D eigenvalue weighted by Crippen LogP contribution is 2.11. The molecule has 2 heteroatoms. The highest BCUT2D eigenvalue weighted by atomic mass is 16.5. The van der Waals surface area contributed by atoms with Gasteiger partial charge in [0.1, 0.15) is 6.61 Å². The highest BCUT2D eigenvalue weighted by molar-refractivity contribution is 5.89. The molecular weight excluding hydrogens is 200 g/mol. The summed E-state index contributed by atoms with van der Waals surface area (Å²) in [6.07, 6.45) is 2.00. The summed E-state index contributed by atoms with van der Waals surface area (Å²) < 4.78 is 5.24.